The van der Waals surface area contributed by atoms with Crippen LogP contribution in [0.3, 0.4) is 0 Å². The summed E-state index contributed by atoms with van der Waals surface area (Å²) >= 11 is 0. The van der Waals surface area contributed by atoms with Gasteiger partial charge in [-0.1, -0.05) is 0 Å². The molecule has 78 valence electrons. The molecule has 13 heavy (non-hydrogen) atoms. The van der Waals surface area contributed by atoms with Gasteiger partial charge in [0.05, 0.1) is 0 Å². The van der Waals surface area contributed by atoms with Crippen LogP contribution in [-0.2, 0) is 10.2 Å². The molecule has 0 atom stereocenters. The molecular formula is C7H17N3O2S. The number of hydrogen-bond acceptors (Lipinski definition) is 3. The first kappa shape index (κ1) is 10.9. The Bertz CT molecular complexity index is 257. The Morgan fingerprint density at radius 2 is 2.08 bits per heavy atom. The maximum absolute atomic E-state index is 11.5. The summed E-state index contributed by atoms with van der Waals surface area (Å²) in [6.07, 6.45) is 0. The summed E-state index contributed by atoms with van der Waals surface area (Å²) in [5.41, 5.74) is 5.40. The van der Waals surface area contributed by atoms with Crippen LogP contribution in [0.4, 0.5) is 0 Å². The summed E-state index contributed by atoms with van der Waals surface area (Å²) in [5, 5.41) is 0. The second-order valence-corrected chi connectivity index (χ2v) is 5.40. The number of nitrogens with one attached hydrogen (secondary N) is 1. The zero-order valence-electron chi connectivity index (χ0n) is 8.03. The van der Waals surface area contributed by atoms with Crippen molar-refractivity contribution in [1.29, 1.82) is 0 Å². The fourth-order valence-corrected chi connectivity index (χ4v) is 2.80. The first-order valence-electron chi connectivity index (χ1n) is 4.43. The molecule has 0 aromatic heterocycles. The fourth-order valence-electron chi connectivity index (χ4n) is 1.24. The Balaban J connectivity index is 2.45. The number of nitrogens with two attached hydrogens (primary N) is 1. The van der Waals surface area contributed by atoms with Crippen LogP contribution in [0.1, 0.15) is 13.8 Å². The first-order chi connectivity index (χ1) is 5.95. The summed E-state index contributed by atoms with van der Waals surface area (Å²) in [7, 11) is -3.24. The topological polar surface area (TPSA) is 75.4 Å². The van der Waals surface area contributed by atoms with Gasteiger partial charge in [0.25, 0.3) is 10.2 Å². The molecule has 0 aromatic rings. The third kappa shape index (κ3) is 2.63. The molecular weight excluding hydrogens is 190 g/mol. The van der Waals surface area contributed by atoms with Crippen LogP contribution in [0.5, 0.6) is 0 Å². The lowest BCUT2D eigenvalue weighted by Gasteiger charge is -2.37. The second-order valence-electron chi connectivity index (χ2n) is 3.70. The van der Waals surface area contributed by atoms with Gasteiger partial charge in [-0.2, -0.15) is 17.4 Å². The minimum atomic E-state index is -3.24. The van der Waals surface area contributed by atoms with Crippen molar-refractivity contribution >= 4 is 10.2 Å². The average molecular weight is 207 g/mol. The molecule has 5 nitrogen and oxygen atoms in total. The molecule has 1 aliphatic heterocycles. The van der Waals surface area contributed by atoms with E-state index in [1.165, 1.54) is 4.31 Å². The lowest BCUT2D eigenvalue weighted by molar-refractivity contribution is 0.204. The van der Waals surface area contributed by atoms with Crippen LogP contribution in [-0.4, -0.2) is 38.4 Å². The molecule has 1 heterocycles. The van der Waals surface area contributed by atoms with E-state index in [9.17, 15) is 8.42 Å². The van der Waals surface area contributed by atoms with Crippen molar-refractivity contribution in [3.63, 3.8) is 0 Å². The zero-order chi connectivity index (χ0) is 10.1. The molecule has 0 amide bonds. The highest BCUT2D eigenvalue weighted by Crippen LogP contribution is 2.17. The Labute approximate surface area is 79.5 Å². The van der Waals surface area contributed by atoms with E-state index in [4.69, 9.17) is 5.73 Å². The second kappa shape index (κ2) is 3.91. The van der Waals surface area contributed by atoms with Gasteiger partial charge in [0.2, 0.25) is 0 Å². The van der Waals surface area contributed by atoms with Gasteiger partial charge >= 0.3 is 0 Å². The molecule has 0 unspecified atom stereocenters. The van der Waals surface area contributed by atoms with Gasteiger partial charge in [0.1, 0.15) is 0 Å². The highest BCUT2D eigenvalue weighted by Gasteiger charge is 2.34. The molecule has 1 aliphatic rings. The van der Waals surface area contributed by atoms with Gasteiger partial charge in [0.15, 0.2) is 0 Å². The molecule has 1 rings (SSSR count). The third-order valence-corrected chi connectivity index (χ3v) is 3.73. The van der Waals surface area contributed by atoms with Crippen LogP contribution < -0.4 is 10.5 Å². The zero-order valence-corrected chi connectivity index (χ0v) is 8.84. The minimum absolute atomic E-state index is 0.0538. The summed E-state index contributed by atoms with van der Waals surface area (Å²) in [6.45, 7) is 5.28. The van der Waals surface area contributed by atoms with Crippen LogP contribution in [0.2, 0.25) is 0 Å². The predicted molar refractivity (Wildman–Crippen MR) is 51.3 cm³/mol. The molecule has 1 fully saturated rings. The van der Waals surface area contributed by atoms with Crippen molar-refractivity contribution in [1.82, 2.24) is 9.03 Å². The summed E-state index contributed by atoms with van der Waals surface area (Å²) in [5.74, 6) is 0.337. The summed E-state index contributed by atoms with van der Waals surface area (Å²) in [6, 6.07) is -0.0538. The molecule has 0 aromatic carbocycles. The third-order valence-electron chi connectivity index (χ3n) is 1.98. The Kier molecular flexibility index (Phi) is 3.28. The van der Waals surface area contributed by atoms with Gasteiger partial charge < -0.3 is 5.73 Å². The smallest absolute Gasteiger partial charge is 0.279 e. The van der Waals surface area contributed by atoms with Crippen molar-refractivity contribution in [2.24, 2.45) is 11.7 Å². The van der Waals surface area contributed by atoms with Crippen LogP contribution in [0.25, 0.3) is 0 Å². The Hall–Kier alpha value is -0.170. The van der Waals surface area contributed by atoms with E-state index >= 15 is 0 Å². The SMILES string of the molecule is CC(C)NS(=O)(=O)N1CC(CN)C1. The summed E-state index contributed by atoms with van der Waals surface area (Å²) in [4.78, 5) is 0. The highest BCUT2D eigenvalue weighted by molar-refractivity contribution is 7.87. The molecule has 1 saturated heterocycles. The van der Waals surface area contributed by atoms with E-state index in [2.05, 4.69) is 4.72 Å². The van der Waals surface area contributed by atoms with E-state index in [1.807, 2.05) is 0 Å². The molecule has 6 heteroatoms. The lowest BCUT2D eigenvalue weighted by atomic mass is 10.0. The molecule has 0 saturated carbocycles. The fraction of sp³-hybridized carbons (Fsp3) is 1.00. The van der Waals surface area contributed by atoms with E-state index in [1.54, 1.807) is 13.8 Å². The number of nitrogens with zero attached hydrogens (tertiary/aromatic N) is 1. The minimum Gasteiger partial charge on any atom is -0.330 e. The largest absolute Gasteiger partial charge is 0.330 e. The quantitative estimate of drug-likeness (QED) is 0.628. The Morgan fingerprint density at radius 3 is 2.46 bits per heavy atom. The standard InChI is InChI=1S/C7H17N3O2S/c1-6(2)9-13(11,12)10-4-7(3-8)5-10/h6-7,9H,3-5,8H2,1-2H3. The molecule has 0 spiro atoms. The van der Waals surface area contributed by atoms with Gasteiger partial charge in [-0.05, 0) is 26.3 Å². The highest BCUT2D eigenvalue weighted by atomic mass is 32.2. The van der Waals surface area contributed by atoms with Crippen molar-refractivity contribution in [2.45, 2.75) is 19.9 Å². The number of rotatable bonds is 4. The molecule has 3 N–H and O–H groups in total. The van der Waals surface area contributed by atoms with E-state index in [0.29, 0.717) is 25.6 Å². The monoisotopic (exact) mass is 207 g/mol. The lowest BCUT2D eigenvalue weighted by Crippen LogP contribution is -2.56. The predicted octanol–water partition coefficient (Wildman–Crippen LogP) is -0.880. The molecule has 0 aliphatic carbocycles. The molecule has 0 bridgehead atoms. The van der Waals surface area contributed by atoms with E-state index < -0.39 is 10.2 Å². The normalized spacial score (nSPS) is 20.6. The first-order valence-corrected chi connectivity index (χ1v) is 5.87. The number of hydrogen-bond donors (Lipinski definition) is 2. The Morgan fingerprint density at radius 1 is 1.54 bits per heavy atom. The van der Waals surface area contributed by atoms with E-state index in [0.717, 1.165) is 0 Å². The maximum atomic E-state index is 11.5. The maximum Gasteiger partial charge on any atom is 0.279 e. The van der Waals surface area contributed by atoms with Crippen LogP contribution in [0, 0.1) is 5.92 Å². The van der Waals surface area contributed by atoms with Gasteiger partial charge in [-0.15, -0.1) is 0 Å². The summed E-state index contributed by atoms with van der Waals surface area (Å²) < 4.78 is 26.9. The van der Waals surface area contributed by atoms with Crippen molar-refractivity contribution < 1.29 is 8.42 Å². The van der Waals surface area contributed by atoms with Crippen LogP contribution in [0.15, 0.2) is 0 Å². The van der Waals surface area contributed by atoms with Crippen LogP contribution >= 0.6 is 0 Å². The average Bonchev–Trinajstić information content (AvgIpc) is 1.79. The van der Waals surface area contributed by atoms with Gasteiger partial charge in [-0.25, -0.2) is 0 Å². The molecule has 0 radical (unpaired) electrons. The van der Waals surface area contributed by atoms with Crippen molar-refractivity contribution in [3.05, 3.63) is 0 Å². The van der Waals surface area contributed by atoms with E-state index in [-0.39, 0.29) is 6.04 Å². The van der Waals surface area contributed by atoms with Gasteiger partial charge in [-0.3, -0.25) is 0 Å². The van der Waals surface area contributed by atoms with Gasteiger partial charge in [0, 0.05) is 19.1 Å². The van der Waals surface area contributed by atoms with Crippen molar-refractivity contribution in [2.75, 3.05) is 19.6 Å². The van der Waals surface area contributed by atoms with Crippen molar-refractivity contribution in [3.8, 4) is 0 Å².